The largest absolute Gasteiger partial charge is 0.368 e. The van der Waals surface area contributed by atoms with Gasteiger partial charge in [-0.05, 0) is 52.1 Å². The molecular weight excluding hydrogens is 216 g/mol. The van der Waals surface area contributed by atoms with Gasteiger partial charge in [0, 0.05) is 19.2 Å². The first-order valence-corrected chi connectivity index (χ1v) is 6.89. The van der Waals surface area contributed by atoms with Crippen molar-refractivity contribution < 1.29 is 9.53 Å². The van der Waals surface area contributed by atoms with Crippen molar-refractivity contribution in [1.29, 1.82) is 0 Å². The van der Waals surface area contributed by atoms with Crippen LogP contribution < -0.4 is 5.32 Å². The third kappa shape index (κ3) is 3.19. The SMILES string of the molecule is CNCCC1CCCCN1C(=O)[C@H]1CCCO1. The Kier molecular flexibility index (Phi) is 4.80. The Morgan fingerprint density at radius 2 is 2.24 bits per heavy atom. The van der Waals surface area contributed by atoms with Crippen LogP contribution in [0.15, 0.2) is 0 Å². The van der Waals surface area contributed by atoms with Crippen LogP contribution in [0.2, 0.25) is 0 Å². The Bertz CT molecular complexity index is 252. The van der Waals surface area contributed by atoms with Gasteiger partial charge in [0.05, 0.1) is 0 Å². The lowest BCUT2D eigenvalue weighted by atomic mass is 9.98. The van der Waals surface area contributed by atoms with E-state index in [9.17, 15) is 4.79 Å². The molecule has 2 atom stereocenters. The first-order valence-electron chi connectivity index (χ1n) is 6.89. The topological polar surface area (TPSA) is 41.6 Å². The molecule has 0 spiro atoms. The number of nitrogens with one attached hydrogen (secondary N) is 1. The van der Waals surface area contributed by atoms with Gasteiger partial charge in [-0.1, -0.05) is 0 Å². The zero-order valence-electron chi connectivity index (χ0n) is 10.8. The van der Waals surface area contributed by atoms with E-state index >= 15 is 0 Å². The lowest BCUT2D eigenvalue weighted by molar-refractivity contribution is -0.144. The molecule has 4 heteroatoms. The number of nitrogens with zero attached hydrogens (tertiary/aromatic N) is 1. The maximum Gasteiger partial charge on any atom is 0.251 e. The molecule has 17 heavy (non-hydrogen) atoms. The van der Waals surface area contributed by atoms with Gasteiger partial charge in [0.25, 0.3) is 5.91 Å². The fourth-order valence-electron chi connectivity index (χ4n) is 2.86. The van der Waals surface area contributed by atoms with Crippen LogP contribution in [0.5, 0.6) is 0 Å². The lowest BCUT2D eigenvalue weighted by Gasteiger charge is -2.37. The summed E-state index contributed by atoms with van der Waals surface area (Å²) in [5.74, 6) is 0.239. The zero-order valence-corrected chi connectivity index (χ0v) is 10.8. The maximum atomic E-state index is 12.4. The highest BCUT2D eigenvalue weighted by molar-refractivity contribution is 5.81. The minimum Gasteiger partial charge on any atom is -0.368 e. The van der Waals surface area contributed by atoms with E-state index in [4.69, 9.17) is 4.74 Å². The second kappa shape index (κ2) is 6.36. The summed E-state index contributed by atoms with van der Waals surface area (Å²) in [4.78, 5) is 14.4. The van der Waals surface area contributed by atoms with Crippen molar-refractivity contribution in [2.45, 2.75) is 50.7 Å². The molecule has 0 radical (unpaired) electrons. The summed E-state index contributed by atoms with van der Waals surface area (Å²) >= 11 is 0. The minimum atomic E-state index is -0.148. The first kappa shape index (κ1) is 12.8. The van der Waals surface area contributed by atoms with Crippen LogP contribution in [0.4, 0.5) is 0 Å². The second-order valence-electron chi connectivity index (χ2n) is 5.08. The Hall–Kier alpha value is -0.610. The Balaban J connectivity index is 1.92. The molecule has 2 saturated heterocycles. The van der Waals surface area contributed by atoms with Crippen LogP contribution in [0.3, 0.4) is 0 Å². The fraction of sp³-hybridized carbons (Fsp3) is 0.923. The van der Waals surface area contributed by atoms with Crippen LogP contribution in [0, 0.1) is 0 Å². The second-order valence-corrected chi connectivity index (χ2v) is 5.08. The summed E-state index contributed by atoms with van der Waals surface area (Å²) in [6, 6.07) is 0.424. The molecule has 0 bridgehead atoms. The average molecular weight is 240 g/mol. The molecule has 0 saturated carbocycles. The van der Waals surface area contributed by atoms with Crippen molar-refractivity contribution in [3.8, 4) is 0 Å². The summed E-state index contributed by atoms with van der Waals surface area (Å²) in [5, 5.41) is 3.17. The molecule has 0 aromatic heterocycles. The number of rotatable bonds is 4. The van der Waals surface area contributed by atoms with Crippen molar-refractivity contribution in [3.05, 3.63) is 0 Å². The van der Waals surface area contributed by atoms with Crippen LogP contribution in [0.1, 0.15) is 38.5 Å². The van der Waals surface area contributed by atoms with E-state index in [1.807, 2.05) is 7.05 Å². The average Bonchev–Trinajstić information content (AvgIpc) is 2.89. The van der Waals surface area contributed by atoms with Gasteiger partial charge in [0.15, 0.2) is 0 Å². The smallest absolute Gasteiger partial charge is 0.251 e. The number of hydrogen-bond acceptors (Lipinski definition) is 3. The summed E-state index contributed by atoms with van der Waals surface area (Å²) in [5.41, 5.74) is 0. The van der Waals surface area contributed by atoms with Gasteiger partial charge in [-0.2, -0.15) is 0 Å². The standard InChI is InChI=1S/C13H24N2O2/c1-14-8-7-11-5-2-3-9-15(11)13(16)12-6-4-10-17-12/h11-12,14H,2-10H2,1H3/t11?,12-/m1/s1. The molecule has 0 aromatic rings. The highest BCUT2D eigenvalue weighted by atomic mass is 16.5. The van der Waals surface area contributed by atoms with Crippen molar-refractivity contribution in [3.63, 3.8) is 0 Å². The van der Waals surface area contributed by atoms with E-state index in [-0.39, 0.29) is 12.0 Å². The molecule has 2 heterocycles. The first-order chi connectivity index (χ1) is 8.33. The monoisotopic (exact) mass is 240 g/mol. The predicted octanol–water partition coefficient (Wildman–Crippen LogP) is 1.16. The molecule has 1 amide bonds. The molecule has 1 N–H and O–H groups in total. The van der Waals surface area contributed by atoms with Crippen LogP contribution in [-0.2, 0) is 9.53 Å². The van der Waals surface area contributed by atoms with E-state index < -0.39 is 0 Å². The third-order valence-corrected chi connectivity index (χ3v) is 3.84. The van der Waals surface area contributed by atoms with E-state index in [0.29, 0.717) is 6.04 Å². The Morgan fingerprint density at radius 1 is 1.35 bits per heavy atom. The summed E-state index contributed by atoms with van der Waals surface area (Å²) in [7, 11) is 1.97. The van der Waals surface area contributed by atoms with Gasteiger partial charge in [0.1, 0.15) is 6.10 Å². The molecule has 2 aliphatic heterocycles. The Labute approximate surface area is 104 Å². The van der Waals surface area contributed by atoms with Gasteiger partial charge < -0.3 is 15.0 Å². The highest BCUT2D eigenvalue weighted by Gasteiger charge is 2.33. The predicted molar refractivity (Wildman–Crippen MR) is 66.9 cm³/mol. The van der Waals surface area contributed by atoms with Gasteiger partial charge in [0.2, 0.25) is 0 Å². The number of carbonyl (C=O) groups is 1. The van der Waals surface area contributed by atoms with Gasteiger partial charge in [-0.25, -0.2) is 0 Å². The highest BCUT2D eigenvalue weighted by Crippen LogP contribution is 2.23. The van der Waals surface area contributed by atoms with Gasteiger partial charge >= 0.3 is 0 Å². The molecule has 0 aromatic carbocycles. The van der Waals surface area contributed by atoms with Gasteiger partial charge in [-0.15, -0.1) is 0 Å². The number of hydrogen-bond donors (Lipinski definition) is 1. The van der Waals surface area contributed by atoms with Crippen molar-refractivity contribution in [2.24, 2.45) is 0 Å². The molecule has 2 aliphatic rings. The normalized spacial score (nSPS) is 29.6. The van der Waals surface area contributed by atoms with Crippen LogP contribution >= 0.6 is 0 Å². The van der Waals surface area contributed by atoms with Crippen molar-refractivity contribution in [2.75, 3.05) is 26.7 Å². The number of amides is 1. The van der Waals surface area contributed by atoms with E-state index in [1.165, 1.54) is 6.42 Å². The number of likely N-dealkylation sites (tertiary alicyclic amines) is 1. The number of ether oxygens (including phenoxy) is 1. The van der Waals surface area contributed by atoms with E-state index in [1.54, 1.807) is 0 Å². The minimum absolute atomic E-state index is 0.148. The lowest BCUT2D eigenvalue weighted by Crippen LogP contribution is -2.48. The van der Waals surface area contributed by atoms with E-state index in [2.05, 4.69) is 10.2 Å². The fourth-order valence-corrected chi connectivity index (χ4v) is 2.86. The molecule has 4 nitrogen and oxygen atoms in total. The Morgan fingerprint density at radius 3 is 2.94 bits per heavy atom. The molecular formula is C13H24N2O2. The molecule has 1 unspecified atom stereocenters. The van der Waals surface area contributed by atoms with Crippen molar-refractivity contribution >= 4 is 5.91 Å². The summed E-state index contributed by atoms with van der Waals surface area (Å²) in [6.45, 7) is 2.67. The van der Waals surface area contributed by atoms with E-state index in [0.717, 1.165) is 51.8 Å². The summed E-state index contributed by atoms with van der Waals surface area (Å²) < 4.78 is 5.51. The quantitative estimate of drug-likeness (QED) is 0.801. The van der Waals surface area contributed by atoms with Crippen LogP contribution in [0.25, 0.3) is 0 Å². The van der Waals surface area contributed by atoms with Gasteiger partial charge in [-0.3, -0.25) is 4.79 Å². The maximum absolute atomic E-state index is 12.4. The third-order valence-electron chi connectivity index (χ3n) is 3.84. The molecule has 98 valence electrons. The zero-order chi connectivity index (χ0) is 12.1. The van der Waals surface area contributed by atoms with Crippen LogP contribution in [-0.4, -0.2) is 49.7 Å². The molecule has 0 aliphatic carbocycles. The number of piperidine rings is 1. The van der Waals surface area contributed by atoms with Crippen molar-refractivity contribution in [1.82, 2.24) is 10.2 Å². The summed E-state index contributed by atoms with van der Waals surface area (Å²) in [6.07, 6.45) is 6.41. The molecule has 2 rings (SSSR count). The number of carbonyl (C=O) groups excluding carboxylic acids is 1. The molecule has 2 fully saturated rings.